The van der Waals surface area contributed by atoms with Crippen LogP contribution in [0.3, 0.4) is 0 Å². The maximum absolute atomic E-state index is 14.1. The molecular formula is C27H27FN2O3S. The molecule has 1 aliphatic rings. The fourth-order valence-corrected chi connectivity index (χ4v) is 5.12. The van der Waals surface area contributed by atoms with E-state index in [1.54, 1.807) is 46.6 Å². The van der Waals surface area contributed by atoms with E-state index >= 15 is 0 Å². The molecule has 7 heteroatoms. The van der Waals surface area contributed by atoms with Crippen LogP contribution in [0, 0.1) is 12.7 Å². The van der Waals surface area contributed by atoms with E-state index in [0.29, 0.717) is 12.1 Å². The lowest BCUT2D eigenvalue weighted by molar-refractivity contribution is -0.135. The molecule has 3 aromatic rings. The van der Waals surface area contributed by atoms with Gasteiger partial charge in [0.1, 0.15) is 13.2 Å². The quantitative estimate of drug-likeness (QED) is 0.427. The van der Waals surface area contributed by atoms with Crippen LogP contribution in [0.5, 0.6) is 5.75 Å². The Kier molecular flexibility index (Phi) is 7.43. The van der Waals surface area contributed by atoms with Crippen LogP contribution in [0.25, 0.3) is 0 Å². The maximum atomic E-state index is 14.1. The number of halogens is 1. The largest absolute Gasteiger partial charge is 0.488 e. The molecule has 5 nitrogen and oxygen atoms in total. The number of nitrogens with zero attached hydrogens (tertiary/aromatic N) is 2. The first kappa shape index (κ1) is 23.7. The van der Waals surface area contributed by atoms with Crippen molar-refractivity contribution < 1.29 is 18.7 Å². The summed E-state index contributed by atoms with van der Waals surface area (Å²) in [6.07, 6.45) is 2.36. The van der Waals surface area contributed by atoms with Gasteiger partial charge in [0.15, 0.2) is 11.6 Å². The van der Waals surface area contributed by atoms with Crippen molar-refractivity contribution in [3.05, 3.63) is 100 Å². The molecule has 1 aliphatic heterocycles. The van der Waals surface area contributed by atoms with Crippen LogP contribution in [0.2, 0.25) is 0 Å². The lowest BCUT2D eigenvalue weighted by atomic mass is 10.0. The summed E-state index contributed by atoms with van der Waals surface area (Å²) in [5.41, 5.74) is 2.52. The zero-order valence-corrected chi connectivity index (χ0v) is 19.9. The predicted octanol–water partition coefficient (Wildman–Crippen LogP) is 5.03. The summed E-state index contributed by atoms with van der Waals surface area (Å²) in [5, 5.41) is 2.00. The number of fused-ring (bicyclic) bond motifs is 1. The summed E-state index contributed by atoms with van der Waals surface area (Å²) in [4.78, 5) is 31.1. The molecule has 1 atom stereocenters. The number of para-hydroxylation sites is 1. The number of aryl methyl sites for hydroxylation is 1. The normalized spacial score (nSPS) is 14.9. The minimum absolute atomic E-state index is 0.0749. The number of hydrogen-bond donors (Lipinski definition) is 0. The standard InChI is InChI=1S/C27H27FN2O3S/c1-3-13-29(27(32)20-8-6-7-19(2)16-20)17-26(31)30-14-11-25-21(12-15-34-25)23(30)18-33-24-10-5-4-9-22(24)28/h3-10,12,15-16,23H,1,11,13-14,17-18H2,2H3. The van der Waals surface area contributed by atoms with Crippen LogP contribution in [0.4, 0.5) is 4.39 Å². The van der Waals surface area contributed by atoms with Gasteiger partial charge in [-0.2, -0.15) is 0 Å². The van der Waals surface area contributed by atoms with Crippen LogP contribution in [-0.4, -0.2) is 47.9 Å². The highest BCUT2D eigenvalue weighted by Crippen LogP contribution is 2.34. The van der Waals surface area contributed by atoms with Crippen molar-refractivity contribution in [1.29, 1.82) is 0 Å². The number of carbonyl (C=O) groups excluding carboxylic acids is 2. The van der Waals surface area contributed by atoms with Crippen LogP contribution in [0.15, 0.2) is 72.6 Å². The highest BCUT2D eigenvalue weighted by atomic mass is 32.1. The molecule has 1 aromatic heterocycles. The Labute approximate surface area is 203 Å². The van der Waals surface area contributed by atoms with Crippen molar-refractivity contribution in [3.8, 4) is 5.75 Å². The van der Waals surface area contributed by atoms with Gasteiger partial charge in [-0.1, -0.05) is 35.9 Å². The molecule has 0 aliphatic carbocycles. The van der Waals surface area contributed by atoms with E-state index in [0.717, 1.165) is 17.5 Å². The van der Waals surface area contributed by atoms with Crippen molar-refractivity contribution in [1.82, 2.24) is 9.80 Å². The summed E-state index contributed by atoms with van der Waals surface area (Å²) in [5.74, 6) is -0.686. The van der Waals surface area contributed by atoms with Gasteiger partial charge in [-0.05, 0) is 54.6 Å². The number of rotatable bonds is 8. The summed E-state index contributed by atoms with van der Waals surface area (Å²) in [6, 6.07) is 15.2. The molecule has 2 aromatic carbocycles. The molecule has 1 unspecified atom stereocenters. The molecule has 2 heterocycles. The second-order valence-electron chi connectivity index (χ2n) is 8.24. The van der Waals surface area contributed by atoms with Gasteiger partial charge in [-0.15, -0.1) is 17.9 Å². The minimum Gasteiger partial charge on any atom is -0.488 e. The lowest BCUT2D eigenvalue weighted by Gasteiger charge is -2.37. The van der Waals surface area contributed by atoms with E-state index in [2.05, 4.69) is 6.58 Å². The average molecular weight is 479 g/mol. The van der Waals surface area contributed by atoms with E-state index in [1.165, 1.54) is 15.8 Å². The molecule has 0 N–H and O–H groups in total. The highest BCUT2D eigenvalue weighted by molar-refractivity contribution is 7.10. The Morgan fingerprint density at radius 1 is 1.24 bits per heavy atom. The molecule has 176 valence electrons. The predicted molar refractivity (Wildman–Crippen MR) is 132 cm³/mol. The van der Waals surface area contributed by atoms with Crippen molar-refractivity contribution in [2.24, 2.45) is 0 Å². The first-order valence-electron chi connectivity index (χ1n) is 11.2. The lowest BCUT2D eigenvalue weighted by Crippen LogP contribution is -2.47. The van der Waals surface area contributed by atoms with E-state index in [4.69, 9.17) is 4.74 Å². The Morgan fingerprint density at radius 2 is 2.06 bits per heavy atom. The first-order valence-corrected chi connectivity index (χ1v) is 12.1. The Bertz CT molecular complexity index is 1190. The third kappa shape index (κ3) is 5.20. The molecule has 34 heavy (non-hydrogen) atoms. The van der Waals surface area contributed by atoms with Crippen molar-refractivity contribution >= 4 is 23.2 Å². The molecule has 0 saturated carbocycles. The number of benzene rings is 2. The summed E-state index contributed by atoms with van der Waals surface area (Å²) < 4.78 is 19.9. The van der Waals surface area contributed by atoms with Gasteiger partial charge in [0.2, 0.25) is 5.91 Å². The number of ether oxygens (including phenoxy) is 1. The molecular weight excluding hydrogens is 451 g/mol. The van der Waals surface area contributed by atoms with Gasteiger partial charge in [0, 0.05) is 23.5 Å². The zero-order valence-electron chi connectivity index (χ0n) is 19.1. The van der Waals surface area contributed by atoms with Crippen molar-refractivity contribution in [2.45, 2.75) is 19.4 Å². The van der Waals surface area contributed by atoms with Gasteiger partial charge in [-0.3, -0.25) is 9.59 Å². The number of carbonyl (C=O) groups is 2. The Hall–Kier alpha value is -3.45. The van der Waals surface area contributed by atoms with Gasteiger partial charge < -0.3 is 14.5 Å². The molecule has 0 saturated heterocycles. The average Bonchev–Trinajstić information content (AvgIpc) is 3.32. The fraction of sp³-hybridized carbons (Fsp3) is 0.259. The van der Waals surface area contributed by atoms with Crippen LogP contribution in [-0.2, 0) is 11.2 Å². The van der Waals surface area contributed by atoms with E-state index in [1.807, 2.05) is 36.6 Å². The molecule has 0 radical (unpaired) electrons. The molecule has 2 amide bonds. The highest BCUT2D eigenvalue weighted by Gasteiger charge is 2.33. The first-order chi connectivity index (χ1) is 16.5. The smallest absolute Gasteiger partial charge is 0.254 e. The topological polar surface area (TPSA) is 49.9 Å². The van der Waals surface area contributed by atoms with Crippen LogP contribution < -0.4 is 4.74 Å². The van der Waals surface area contributed by atoms with Gasteiger partial charge >= 0.3 is 0 Å². The second kappa shape index (κ2) is 10.7. The number of hydrogen-bond acceptors (Lipinski definition) is 4. The second-order valence-corrected chi connectivity index (χ2v) is 9.24. The van der Waals surface area contributed by atoms with Crippen LogP contribution in [0.1, 0.15) is 32.4 Å². The van der Waals surface area contributed by atoms with Crippen molar-refractivity contribution in [2.75, 3.05) is 26.2 Å². The molecule has 0 spiro atoms. The van der Waals surface area contributed by atoms with Gasteiger partial charge in [0.05, 0.1) is 6.04 Å². The third-order valence-electron chi connectivity index (χ3n) is 5.88. The van der Waals surface area contributed by atoms with Crippen molar-refractivity contribution in [3.63, 3.8) is 0 Å². The number of thiophene rings is 1. The van der Waals surface area contributed by atoms with Gasteiger partial charge in [-0.25, -0.2) is 4.39 Å². The summed E-state index contributed by atoms with van der Waals surface area (Å²) >= 11 is 1.65. The maximum Gasteiger partial charge on any atom is 0.254 e. The summed E-state index contributed by atoms with van der Waals surface area (Å²) in [6.45, 7) is 6.49. The molecule has 4 rings (SSSR count). The van der Waals surface area contributed by atoms with Crippen LogP contribution >= 0.6 is 11.3 Å². The molecule has 0 fully saturated rings. The monoisotopic (exact) mass is 478 g/mol. The fourth-order valence-electron chi connectivity index (χ4n) is 4.19. The molecule has 0 bridgehead atoms. The zero-order chi connectivity index (χ0) is 24.1. The Morgan fingerprint density at radius 3 is 2.82 bits per heavy atom. The van der Waals surface area contributed by atoms with Gasteiger partial charge in [0.25, 0.3) is 5.91 Å². The van der Waals surface area contributed by atoms with E-state index in [9.17, 15) is 14.0 Å². The minimum atomic E-state index is -0.442. The van der Waals surface area contributed by atoms with E-state index in [-0.39, 0.29) is 43.3 Å². The van der Waals surface area contributed by atoms with E-state index < -0.39 is 5.82 Å². The number of amides is 2. The third-order valence-corrected chi connectivity index (χ3v) is 6.87. The Balaban J connectivity index is 1.53. The SMILES string of the molecule is C=CCN(CC(=O)N1CCc2sccc2C1COc1ccccc1F)C(=O)c1cccc(C)c1. The summed E-state index contributed by atoms with van der Waals surface area (Å²) in [7, 11) is 0.